The van der Waals surface area contributed by atoms with Crippen LogP contribution in [0.3, 0.4) is 0 Å². The van der Waals surface area contributed by atoms with Gasteiger partial charge in [-0.15, -0.1) is 6.42 Å². The Morgan fingerprint density at radius 2 is 1.97 bits per heavy atom. The fourth-order valence-electron chi connectivity index (χ4n) is 3.12. The summed E-state index contributed by atoms with van der Waals surface area (Å²) in [5.74, 6) is 1.72. The monoisotopic (exact) mass is 477 g/mol. The Kier molecular flexibility index (Phi) is 8.17. The van der Waals surface area contributed by atoms with Crippen molar-refractivity contribution < 1.29 is 28.9 Å². The lowest BCUT2D eigenvalue weighted by atomic mass is 10.1. The Hall–Kier alpha value is -3.96. The number of aliphatic hydroxyl groups is 1. The molecule has 8 heteroatoms. The molecule has 1 N–H and O–H groups in total. The zero-order chi connectivity index (χ0) is 24.7. The van der Waals surface area contributed by atoms with E-state index in [1.165, 1.54) is 7.11 Å². The number of terminal acetylenes is 1. The quantitative estimate of drug-likeness (QED) is 0.456. The summed E-state index contributed by atoms with van der Waals surface area (Å²) in [6, 6.07) is 12.1. The molecular formula is C26H23NO6S. The largest absolute Gasteiger partial charge is 0.506 e. The highest BCUT2D eigenvalue weighted by molar-refractivity contribution is 8.18. The van der Waals surface area contributed by atoms with Gasteiger partial charge in [0.05, 0.1) is 18.6 Å². The number of amides is 1. The molecule has 0 spiro atoms. The molecule has 3 rings (SSSR count). The fraction of sp³-hybridized carbons (Fsp3) is 0.192. The Bertz CT molecular complexity index is 1250. The molecule has 1 heterocycles. The van der Waals surface area contributed by atoms with Crippen LogP contribution in [0.15, 0.2) is 63.7 Å². The molecular weight excluding hydrogens is 454 g/mol. The predicted octanol–water partition coefficient (Wildman–Crippen LogP) is 4.72. The minimum Gasteiger partial charge on any atom is -0.506 e. The van der Waals surface area contributed by atoms with E-state index in [0.29, 0.717) is 27.5 Å². The number of rotatable bonds is 7. The van der Waals surface area contributed by atoms with E-state index in [1.54, 1.807) is 56.3 Å². The second-order valence-corrected chi connectivity index (χ2v) is 8.03. The third-order valence-electron chi connectivity index (χ3n) is 4.75. The van der Waals surface area contributed by atoms with Gasteiger partial charge in [0.2, 0.25) is 0 Å². The lowest BCUT2D eigenvalue weighted by Gasteiger charge is -2.09. The van der Waals surface area contributed by atoms with E-state index in [2.05, 4.69) is 10.9 Å². The maximum Gasteiger partial charge on any atom is 0.344 e. The third kappa shape index (κ3) is 5.50. The topological polar surface area (TPSA) is 94.4 Å². The summed E-state index contributed by atoms with van der Waals surface area (Å²) in [5.41, 5.74) is 1.67. The van der Waals surface area contributed by atoms with Crippen LogP contribution in [0.1, 0.15) is 28.4 Å². The zero-order valence-electron chi connectivity index (χ0n) is 19.0. The molecule has 1 amide bonds. The molecule has 0 aromatic heterocycles. The van der Waals surface area contributed by atoms with Crippen LogP contribution in [-0.2, 0) is 9.53 Å². The van der Waals surface area contributed by atoms with Gasteiger partial charge in [0.25, 0.3) is 5.91 Å². The Morgan fingerprint density at radius 3 is 2.65 bits per heavy atom. The summed E-state index contributed by atoms with van der Waals surface area (Å²) < 4.78 is 15.9. The van der Waals surface area contributed by atoms with Crippen molar-refractivity contribution in [3.8, 4) is 23.8 Å². The zero-order valence-corrected chi connectivity index (χ0v) is 19.8. The standard InChI is InChI=1S/C26H23NO6S/c1-5-13-33-19-12-11-17(14-20(19)31-4)15-21-23(28)22(26(30)32-6-2)25(34-21)27-24(29)18-10-8-7-9-16(18)3/h1,7-12,14-15,28H,6,13H2,2-4H3/b21-15-,27-25?. The minimum absolute atomic E-state index is 0.0661. The van der Waals surface area contributed by atoms with E-state index in [4.69, 9.17) is 20.6 Å². The van der Waals surface area contributed by atoms with Crippen LogP contribution < -0.4 is 9.47 Å². The van der Waals surface area contributed by atoms with Crippen molar-refractivity contribution >= 4 is 34.8 Å². The lowest BCUT2D eigenvalue weighted by Crippen LogP contribution is -2.14. The summed E-state index contributed by atoms with van der Waals surface area (Å²) in [6.45, 7) is 3.65. The van der Waals surface area contributed by atoms with Crippen LogP contribution in [0.5, 0.6) is 11.5 Å². The molecule has 2 aromatic rings. The van der Waals surface area contributed by atoms with Crippen LogP contribution in [0.4, 0.5) is 0 Å². The minimum atomic E-state index is -0.761. The number of ether oxygens (including phenoxy) is 3. The maximum atomic E-state index is 12.8. The van der Waals surface area contributed by atoms with Gasteiger partial charge in [-0.25, -0.2) is 9.79 Å². The highest BCUT2D eigenvalue weighted by atomic mass is 32.2. The van der Waals surface area contributed by atoms with Crippen molar-refractivity contribution in [1.29, 1.82) is 0 Å². The van der Waals surface area contributed by atoms with E-state index in [9.17, 15) is 14.7 Å². The molecule has 0 saturated heterocycles. The molecule has 0 fully saturated rings. The van der Waals surface area contributed by atoms with E-state index >= 15 is 0 Å². The van der Waals surface area contributed by atoms with Gasteiger partial charge in [0, 0.05) is 5.56 Å². The highest BCUT2D eigenvalue weighted by Crippen LogP contribution is 2.40. The number of aryl methyl sites for hydroxylation is 1. The van der Waals surface area contributed by atoms with Gasteiger partial charge < -0.3 is 19.3 Å². The van der Waals surface area contributed by atoms with E-state index < -0.39 is 11.9 Å². The van der Waals surface area contributed by atoms with E-state index in [1.807, 2.05) is 6.07 Å². The SMILES string of the molecule is C#CCOc1ccc(/C=C2\SC(=NC(=O)c3ccccc3C)C(C(=O)OCC)=C2O)cc1OC. The van der Waals surface area contributed by atoms with Crippen molar-refractivity contribution in [3.05, 3.63) is 75.4 Å². The van der Waals surface area contributed by atoms with Crippen molar-refractivity contribution in [3.63, 3.8) is 0 Å². The summed E-state index contributed by atoms with van der Waals surface area (Å²) >= 11 is 1.00. The second-order valence-electron chi connectivity index (χ2n) is 6.99. The molecule has 7 nitrogen and oxygen atoms in total. The molecule has 174 valence electrons. The molecule has 34 heavy (non-hydrogen) atoms. The first-order valence-corrected chi connectivity index (χ1v) is 11.1. The average molecular weight is 478 g/mol. The van der Waals surface area contributed by atoms with Gasteiger partial charge in [-0.05, 0) is 49.2 Å². The smallest absolute Gasteiger partial charge is 0.344 e. The second kappa shape index (κ2) is 11.3. The Labute approximate surface area is 202 Å². The van der Waals surface area contributed by atoms with Crippen LogP contribution >= 0.6 is 11.8 Å². The first kappa shape index (κ1) is 24.7. The number of carbonyl (C=O) groups excluding carboxylic acids is 2. The normalized spacial score (nSPS) is 15.4. The number of benzene rings is 2. The van der Waals surface area contributed by atoms with Crippen LogP contribution in [0, 0.1) is 19.3 Å². The number of aliphatic hydroxyl groups excluding tert-OH is 1. The van der Waals surface area contributed by atoms with E-state index in [-0.39, 0.29) is 29.6 Å². The van der Waals surface area contributed by atoms with Crippen molar-refractivity contribution in [2.75, 3.05) is 20.3 Å². The molecule has 0 unspecified atom stereocenters. The molecule has 1 aliphatic heterocycles. The maximum absolute atomic E-state index is 12.8. The summed E-state index contributed by atoms with van der Waals surface area (Å²) in [7, 11) is 1.50. The average Bonchev–Trinajstić information content (AvgIpc) is 3.12. The number of hydrogen-bond acceptors (Lipinski definition) is 7. The molecule has 1 aliphatic rings. The Morgan fingerprint density at radius 1 is 1.21 bits per heavy atom. The van der Waals surface area contributed by atoms with Gasteiger partial charge in [0.1, 0.15) is 23.0 Å². The van der Waals surface area contributed by atoms with Crippen LogP contribution in [0.2, 0.25) is 0 Å². The first-order valence-electron chi connectivity index (χ1n) is 10.3. The highest BCUT2D eigenvalue weighted by Gasteiger charge is 2.34. The summed E-state index contributed by atoms with van der Waals surface area (Å²) in [4.78, 5) is 29.8. The molecule has 0 bridgehead atoms. The number of carbonyl (C=O) groups is 2. The first-order chi connectivity index (χ1) is 16.4. The van der Waals surface area contributed by atoms with Crippen LogP contribution in [0.25, 0.3) is 6.08 Å². The van der Waals surface area contributed by atoms with Gasteiger partial charge in [-0.3, -0.25) is 4.79 Å². The number of aliphatic imine (C=N–C) groups is 1. The number of hydrogen-bond donors (Lipinski definition) is 1. The molecule has 0 aliphatic carbocycles. The molecule has 2 aromatic carbocycles. The van der Waals surface area contributed by atoms with Crippen LogP contribution in [-0.4, -0.2) is 42.4 Å². The summed E-state index contributed by atoms with van der Waals surface area (Å²) in [5, 5.41) is 10.9. The predicted molar refractivity (Wildman–Crippen MR) is 132 cm³/mol. The lowest BCUT2D eigenvalue weighted by molar-refractivity contribution is -0.138. The number of thioether (sulfide) groups is 1. The van der Waals surface area contributed by atoms with Crippen molar-refractivity contribution in [2.45, 2.75) is 13.8 Å². The van der Waals surface area contributed by atoms with Gasteiger partial charge in [0.15, 0.2) is 11.5 Å². The third-order valence-corrected chi connectivity index (χ3v) is 5.77. The summed E-state index contributed by atoms with van der Waals surface area (Å²) in [6.07, 6.45) is 6.89. The number of esters is 1. The molecule has 0 atom stereocenters. The number of nitrogens with zero attached hydrogens (tertiary/aromatic N) is 1. The number of methoxy groups -OCH3 is 1. The Balaban J connectivity index is 2.01. The van der Waals surface area contributed by atoms with Crippen molar-refractivity contribution in [2.24, 2.45) is 4.99 Å². The van der Waals surface area contributed by atoms with Crippen molar-refractivity contribution in [1.82, 2.24) is 0 Å². The molecule has 0 saturated carbocycles. The molecule has 0 radical (unpaired) electrons. The van der Waals surface area contributed by atoms with E-state index in [0.717, 1.165) is 17.3 Å². The fourth-order valence-corrected chi connectivity index (χ4v) is 4.13. The van der Waals surface area contributed by atoms with Gasteiger partial charge >= 0.3 is 5.97 Å². The van der Waals surface area contributed by atoms with Gasteiger partial charge in [-0.1, -0.05) is 41.9 Å². The van der Waals surface area contributed by atoms with Gasteiger partial charge in [-0.2, -0.15) is 0 Å².